The van der Waals surface area contributed by atoms with Crippen LogP contribution in [-0.4, -0.2) is 22.4 Å². The molecular formula is C45H26N4O2. The number of nitrogens with zero attached hydrogens (tertiary/aromatic N) is 4. The molecule has 6 heteroatoms. The van der Waals surface area contributed by atoms with Crippen LogP contribution in [0.15, 0.2) is 147 Å². The zero-order valence-corrected chi connectivity index (χ0v) is 27.4. The summed E-state index contributed by atoms with van der Waals surface area (Å²) in [6.07, 6.45) is 1.87. The molecule has 4 aromatic heterocycles. The summed E-state index contributed by atoms with van der Waals surface area (Å²) in [5, 5.41) is 19.1. The fraction of sp³-hybridized carbons (Fsp3) is 0.0222. The molecule has 0 aliphatic rings. The normalized spacial score (nSPS) is 12.3. The third kappa shape index (κ3) is 3.67. The Hall–Kier alpha value is -7.10. The van der Waals surface area contributed by atoms with Gasteiger partial charge in [0.15, 0.2) is 0 Å². The van der Waals surface area contributed by atoms with Gasteiger partial charge in [0.05, 0.1) is 55.8 Å². The molecular weight excluding hydrogens is 629 g/mol. The molecule has 238 valence electrons. The van der Waals surface area contributed by atoms with Gasteiger partial charge in [-0.2, -0.15) is 5.26 Å². The van der Waals surface area contributed by atoms with Crippen molar-refractivity contribution in [2.24, 2.45) is 4.99 Å². The molecule has 51 heavy (non-hydrogen) atoms. The van der Waals surface area contributed by atoms with Crippen LogP contribution < -0.4 is 0 Å². The van der Waals surface area contributed by atoms with Crippen LogP contribution in [0.3, 0.4) is 0 Å². The number of hydrogen-bond donors (Lipinski definition) is 0. The second-order valence-corrected chi connectivity index (χ2v) is 13.0. The van der Waals surface area contributed by atoms with E-state index in [4.69, 9.17) is 8.83 Å². The van der Waals surface area contributed by atoms with Gasteiger partial charge in [-0.3, -0.25) is 4.99 Å². The molecule has 7 aromatic carbocycles. The van der Waals surface area contributed by atoms with Gasteiger partial charge in [0.1, 0.15) is 22.3 Å². The molecule has 0 saturated carbocycles. The van der Waals surface area contributed by atoms with E-state index in [0.29, 0.717) is 5.56 Å². The average molecular weight is 655 g/mol. The largest absolute Gasteiger partial charge is 0.456 e. The molecule has 0 unspecified atom stereocenters. The third-order valence-corrected chi connectivity index (χ3v) is 10.3. The van der Waals surface area contributed by atoms with Crippen LogP contribution in [0.1, 0.15) is 11.1 Å². The quantitative estimate of drug-likeness (QED) is 0.178. The molecule has 6 nitrogen and oxygen atoms in total. The molecule has 11 aromatic rings. The lowest BCUT2D eigenvalue weighted by Gasteiger charge is -2.20. The maximum Gasteiger partial charge on any atom is 0.137 e. The standard InChI is InChI=1S/C45H26N4O2/c1-47-25-27-22-26(24-46)23-36(48-34-14-6-2-10-28(34)30-18-20-39-41(44(30)48)32-12-4-8-16-37(32)50-39)43(27)49-35-15-7-3-11-29(35)31-19-21-40-42(45(31)49)33-13-5-9-17-38(33)51-40/h2-23,25H,1H3/b47-25+. The highest BCUT2D eigenvalue weighted by Crippen LogP contribution is 2.45. The number of aromatic nitrogens is 2. The van der Waals surface area contributed by atoms with Crippen molar-refractivity contribution >= 4 is 93.7 Å². The smallest absolute Gasteiger partial charge is 0.137 e. The topological polar surface area (TPSA) is 72.3 Å². The maximum atomic E-state index is 10.5. The van der Waals surface area contributed by atoms with Crippen LogP contribution in [0.25, 0.3) is 98.9 Å². The second-order valence-electron chi connectivity index (χ2n) is 13.0. The fourth-order valence-corrected chi connectivity index (χ4v) is 8.37. The van der Waals surface area contributed by atoms with E-state index in [-0.39, 0.29) is 0 Å². The van der Waals surface area contributed by atoms with Crippen molar-refractivity contribution in [1.82, 2.24) is 9.13 Å². The Morgan fingerprint density at radius 2 is 1.06 bits per heavy atom. The fourth-order valence-electron chi connectivity index (χ4n) is 8.37. The molecule has 4 heterocycles. The van der Waals surface area contributed by atoms with Crippen LogP contribution >= 0.6 is 0 Å². The van der Waals surface area contributed by atoms with Crippen LogP contribution in [-0.2, 0) is 0 Å². The first-order valence-electron chi connectivity index (χ1n) is 16.9. The summed E-state index contributed by atoms with van der Waals surface area (Å²) in [7, 11) is 1.78. The Balaban J connectivity index is 1.42. The Morgan fingerprint density at radius 1 is 0.549 bits per heavy atom. The van der Waals surface area contributed by atoms with Crippen molar-refractivity contribution < 1.29 is 8.83 Å². The summed E-state index contributed by atoms with van der Waals surface area (Å²) in [5.41, 5.74) is 10.6. The highest BCUT2D eigenvalue weighted by Gasteiger charge is 2.26. The number of nitriles is 1. The molecule has 0 saturated heterocycles. The van der Waals surface area contributed by atoms with Gasteiger partial charge >= 0.3 is 0 Å². The number of hydrogen-bond acceptors (Lipinski definition) is 4. The molecule has 0 radical (unpaired) electrons. The molecule has 0 spiro atoms. The Bertz CT molecular complexity index is 3340. The van der Waals surface area contributed by atoms with E-state index in [1.807, 2.05) is 42.6 Å². The van der Waals surface area contributed by atoms with E-state index in [9.17, 15) is 5.26 Å². The predicted molar refractivity (Wildman–Crippen MR) is 208 cm³/mol. The number of benzene rings is 7. The summed E-state index contributed by atoms with van der Waals surface area (Å²) in [4.78, 5) is 4.55. The van der Waals surface area contributed by atoms with Crippen molar-refractivity contribution in [2.75, 3.05) is 7.05 Å². The summed E-state index contributed by atoms with van der Waals surface area (Å²) in [6.45, 7) is 0. The summed E-state index contributed by atoms with van der Waals surface area (Å²) < 4.78 is 17.6. The van der Waals surface area contributed by atoms with Crippen molar-refractivity contribution in [3.8, 4) is 17.4 Å². The molecule has 0 fully saturated rings. The third-order valence-electron chi connectivity index (χ3n) is 10.3. The van der Waals surface area contributed by atoms with Gasteiger partial charge in [-0.25, -0.2) is 0 Å². The molecule has 0 N–H and O–H groups in total. The highest BCUT2D eigenvalue weighted by molar-refractivity contribution is 6.26. The predicted octanol–water partition coefficient (Wildman–Crippen LogP) is 11.6. The zero-order valence-electron chi connectivity index (χ0n) is 27.4. The SMILES string of the molecule is C/N=C/c1cc(C#N)cc(-n2c3ccccc3c3ccc4oc5ccccc5c4c32)c1-n1c2ccccc2c2ccc3oc4ccccc4c3c21. The monoisotopic (exact) mass is 654 g/mol. The molecule has 0 bridgehead atoms. The van der Waals surface area contributed by atoms with Gasteiger partial charge in [-0.15, -0.1) is 0 Å². The van der Waals surface area contributed by atoms with E-state index in [1.54, 1.807) is 7.05 Å². The zero-order chi connectivity index (χ0) is 33.8. The minimum absolute atomic E-state index is 0.540. The Labute approximate surface area is 290 Å². The van der Waals surface area contributed by atoms with Gasteiger partial charge in [0.2, 0.25) is 0 Å². The first kappa shape index (κ1) is 27.8. The Morgan fingerprint density at radius 3 is 1.63 bits per heavy atom. The van der Waals surface area contributed by atoms with E-state index >= 15 is 0 Å². The van der Waals surface area contributed by atoms with Gasteiger partial charge < -0.3 is 18.0 Å². The summed E-state index contributed by atoms with van der Waals surface area (Å²) in [5.74, 6) is 0. The van der Waals surface area contributed by atoms with E-state index in [0.717, 1.165) is 104 Å². The van der Waals surface area contributed by atoms with Crippen LogP contribution in [0.4, 0.5) is 0 Å². The van der Waals surface area contributed by atoms with Crippen molar-refractivity contribution in [3.05, 3.63) is 145 Å². The van der Waals surface area contributed by atoms with Gasteiger partial charge in [0.25, 0.3) is 0 Å². The minimum atomic E-state index is 0.540. The lowest BCUT2D eigenvalue weighted by molar-refractivity contribution is 0.669. The number of rotatable bonds is 3. The van der Waals surface area contributed by atoms with Crippen molar-refractivity contribution in [3.63, 3.8) is 0 Å². The lowest BCUT2D eigenvalue weighted by Crippen LogP contribution is -2.08. The molecule has 11 rings (SSSR count). The second kappa shape index (κ2) is 10.2. The van der Waals surface area contributed by atoms with Gasteiger partial charge in [-0.05, 0) is 60.7 Å². The average Bonchev–Trinajstić information content (AvgIpc) is 3.92. The lowest BCUT2D eigenvalue weighted by atomic mass is 10.0. The van der Waals surface area contributed by atoms with Crippen LogP contribution in [0.5, 0.6) is 0 Å². The summed E-state index contributed by atoms with van der Waals surface area (Å²) in [6, 6.07) is 48.3. The first-order chi connectivity index (χ1) is 25.2. The van der Waals surface area contributed by atoms with E-state index in [2.05, 4.69) is 117 Å². The van der Waals surface area contributed by atoms with E-state index < -0.39 is 0 Å². The van der Waals surface area contributed by atoms with Gasteiger partial charge in [0, 0.05) is 51.1 Å². The summed E-state index contributed by atoms with van der Waals surface area (Å²) >= 11 is 0. The number of para-hydroxylation sites is 4. The minimum Gasteiger partial charge on any atom is -0.456 e. The van der Waals surface area contributed by atoms with Gasteiger partial charge in [-0.1, -0.05) is 72.8 Å². The molecule has 0 aliphatic heterocycles. The Kier molecular flexibility index (Phi) is 5.57. The maximum absolute atomic E-state index is 10.5. The highest BCUT2D eigenvalue weighted by atomic mass is 16.3. The van der Waals surface area contributed by atoms with Crippen LogP contribution in [0.2, 0.25) is 0 Å². The first-order valence-corrected chi connectivity index (χ1v) is 16.9. The van der Waals surface area contributed by atoms with E-state index in [1.165, 1.54) is 0 Å². The van der Waals surface area contributed by atoms with Crippen LogP contribution in [0, 0.1) is 11.3 Å². The van der Waals surface area contributed by atoms with Crippen molar-refractivity contribution in [1.29, 1.82) is 5.26 Å². The number of furan rings is 2. The molecule has 0 aliphatic carbocycles. The van der Waals surface area contributed by atoms with Crippen molar-refractivity contribution in [2.45, 2.75) is 0 Å². The number of aliphatic imine (C=N–C) groups is 1. The molecule has 0 atom stereocenters. The number of fused-ring (bicyclic) bond motifs is 14. The molecule has 0 amide bonds.